The molecule has 0 aliphatic carbocycles. The molecule has 0 spiro atoms. The summed E-state index contributed by atoms with van der Waals surface area (Å²) in [5.41, 5.74) is 1.26. The molecule has 1 aromatic carbocycles. The van der Waals surface area contributed by atoms with Crippen molar-refractivity contribution < 1.29 is 9.90 Å². The van der Waals surface area contributed by atoms with Crippen LogP contribution >= 0.6 is 11.6 Å². The second-order valence-corrected chi connectivity index (χ2v) is 5.63. The first-order valence-corrected chi connectivity index (χ1v) is 6.39. The van der Waals surface area contributed by atoms with E-state index in [2.05, 4.69) is 5.32 Å². The van der Waals surface area contributed by atoms with Crippen LogP contribution in [0.15, 0.2) is 18.2 Å². The second kappa shape index (κ2) is 6.21. The molecule has 3 nitrogen and oxygen atoms in total. The van der Waals surface area contributed by atoms with Gasteiger partial charge in [-0.05, 0) is 30.4 Å². The van der Waals surface area contributed by atoms with Crippen molar-refractivity contribution >= 4 is 17.5 Å². The van der Waals surface area contributed by atoms with E-state index in [0.29, 0.717) is 23.6 Å². The van der Waals surface area contributed by atoms with Crippen LogP contribution in [0.5, 0.6) is 0 Å². The Bertz CT molecular complexity index is 430. The van der Waals surface area contributed by atoms with Crippen LogP contribution in [0.25, 0.3) is 0 Å². The van der Waals surface area contributed by atoms with E-state index in [1.54, 1.807) is 6.07 Å². The Hall–Kier alpha value is -1.06. The van der Waals surface area contributed by atoms with Crippen LogP contribution in [0.4, 0.5) is 0 Å². The monoisotopic (exact) mass is 269 g/mol. The molecule has 18 heavy (non-hydrogen) atoms. The van der Waals surface area contributed by atoms with Gasteiger partial charge >= 0.3 is 0 Å². The number of carbonyl (C=O) groups is 1. The van der Waals surface area contributed by atoms with E-state index in [4.69, 9.17) is 16.7 Å². The molecular weight excluding hydrogens is 250 g/mol. The average Bonchev–Trinajstić information content (AvgIpc) is 2.30. The third kappa shape index (κ3) is 4.00. The average molecular weight is 270 g/mol. The highest BCUT2D eigenvalue weighted by molar-refractivity contribution is 6.34. The van der Waals surface area contributed by atoms with E-state index in [9.17, 15) is 4.79 Å². The summed E-state index contributed by atoms with van der Waals surface area (Å²) < 4.78 is 0. The molecule has 1 amide bonds. The van der Waals surface area contributed by atoms with Crippen LogP contribution in [-0.4, -0.2) is 24.2 Å². The van der Waals surface area contributed by atoms with Crippen LogP contribution < -0.4 is 5.32 Å². The number of aliphatic hydroxyl groups is 1. The Morgan fingerprint density at radius 1 is 1.44 bits per heavy atom. The van der Waals surface area contributed by atoms with Gasteiger partial charge in [0.05, 0.1) is 10.6 Å². The number of aliphatic hydroxyl groups excluding tert-OH is 1. The van der Waals surface area contributed by atoms with E-state index in [1.807, 2.05) is 32.9 Å². The molecule has 0 aromatic heterocycles. The minimum atomic E-state index is -0.172. The standard InChI is InChI=1S/C14H20ClNO2/c1-10-5-4-6-11(12(10)15)13(18)16-9-14(2,3)7-8-17/h4-6,17H,7-9H2,1-3H3,(H,16,18). The molecule has 1 rings (SSSR count). The van der Waals surface area contributed by atoms with E-state index in [0.717, 1.165) is 5.56 Å². The van der Waals surface area contributed by atoms with E-state index in [-0.39, 0.29) is 17.9 Å². The molecule has 4 heteroatoms. The van der Waals surface area contributed by atoms with Gasteiger partial charge in [-0.15, -0.1) is 0 Å². The number of carbonyl (C=O) groups excluding carboxylic acids is 1. The van der Waals surface area contributed by atoms with Crippen LogP contribution in [0, 0.1) is 12.3 Å². The van der Waals surface area contributed by atoms with Gasteiger partial charge in [-0.1, -0.05) is 37.6 Å². The van der Waals surface area contributed by atoms with Crippen molar-refractivity contribution in [3.63, 3.8) is 0 Å². The van der Waals surface area contributed by atoms with Gasteiger partial charge in [0.1, 0.15) is 0 Å². The third-order valence-corrected chi connectivity index (χ3v) is 3.45. The summed E-state index contributed by atoms with van der Waals surface area (Å²) in [6.07, 6.45) is 0.648. The largest absolute Gasteiger partial charge is 0.396 e. The first kappa shape index (κ1) is 15.0. The third-order valence-electron chi connectivity index (χ3n) is 2.95. The van der Waals surface area contributed by atoms with Gasteiger partial charge in [0.2, 0.25) is 0 Å². The van der Waals surface area contributed by atoms with Crippen molar-refractivity contribution in [3.8, 4) is 0 Å². The highest BCUT2D eigenvalue weighted by Gasteiger charge is 2.19. The maximum absolute atomic E-state index is 12.0. The summed E-state index contributed by atoms with van der Waals surface area (Å²) in [6, 6.07) is 5.40. The van der Waals surface area contributed by atoms with Gasteiger partial charge in [-0.3, -0.25) is 4.79 Å². The van der Waals surface area contributed by atoms with Crippen LogP contribution in [0.3, 0.4) is 0 Å². The molecule has 0 unspecified atom stereocenters. The first-order chi connectivity index (χ1) is 8.37. The molecule has 0 atom stereocenters. The molecule has 0 heterocycles. The van der Waals surface area contributed by atoms with Crippen molar-refractivity contribution in [1.82, 2.24) is 5.32 Å². The number of benzene rings is 1. The zero-order valence-electron chi connectivity index (χ0n) is 11.1. The Kier molecular flexibility index (Phi) is 5.17. The summed E-state index contributed by atoms with van der Waals surface area (Å²) >= 11 is 6.10. The fourth-order valence-electron chi connectivity index (χ4n) is 1.63. The predicted octanol–water partition coefficient (Wildman–Crippen LogP) is 2.79. The maximum Gasteiger partial charge on any atom is 0.252 e. The Balaban J connectivity index is 2.69. The minimum Gasteiger partial charge on any atom is -0.396 e. The molecule has 0 aliphatic heterocycles. The number of aryl methyl sites for hydroxylation is 1. The fraction of sp³-hybridized carbons (Fsp3) is 0.500. The molecular formula is C14H20ClNO2. The lowest BCUT2D eigenvalue weighted by atomic mass is 9.89. The molecule has 0 radical (unpaired) electrons. The number of hydrogen-bond acceptors (Lipinski definition) is 2. The lowest BCUT2D eigenvalue weighted by Gasteiger charge is -2.24. The van der Waals surface area contributed by atoms with Crippen molar-refractivity contribution in [2.24, 2.45) is 5.41 Å². The number of nitrogens with one attached hydrogen (secondary N) is 1. The molecule has 0 fully saturated rings. The SMILES string of the molecule is Cc1cccc(C(=O)NCC(C)(C)CCO)c1Cl. The van der Waals surface area contributed by atoms with E-state index < -0.39 is 0 Å². The topological polar surface area (TPSA) is 49.3 Å². The molecule has 0 bridgehead atoms. The molecule has 0 saturated carbocycles. The van der Waals surface area contributed by atoms with Gasteiger partial charge in [0, 0.05) is 13.2 Å². The minimum absolute atomic E-state index is 0.119. The van der Waals surface area contributed by atoms with Gasteiger partial charge in [-0.25, -0.2) is 0 Å². The number of amides is 1. The van der Waals surface area contributed by atoms with Gasteiger partial charge in [0.25, 0.3) is 5.91 Å². The number of halogens is 1. The lowest BCUT2D eigenvalue weighted by molar-refractivity contribution is 0.0928. The lowest BCUT2D eigenvalue weighted by Crippen LogP contribution is -2.34. The van der Waals surface area contributed by atoms with Crippen LogP contribution in [0.2, 0.25) is 5.02 Å². The molecule has 0 saturated heterocycles. The van der Waals surface area contributed by atoms with Gasteiger partial charge < -0.3 is 10.4 Å². The van der Waals surface area contributed by atoms with Crippen molar-refractivity contribution in [2.75, 3.05) is 13.2 Å². The summed E-state index contributed by atoms with van der Waals surface area (Å²) in [7, 11) is 0. The molecule has 1 aromatic rings. The van der Waals surface area contributed by atoms with Crippen molar-refractivity contribution in [2.45, 2.75) is 27.2 Å². The van der Waals surface area contributed by atoms with E-state index in [1.165, 1.54) is 0 Å². The summed E-state index contributed by atoms with van der Waals surface area (Å²) in [5.74, 6) is -0.172. The Labute approximate surface area is 113 Å². The van der Waals surface area contributed by atoms with Crippen molar-refractivity contribution in [3.05, 3.63) is 34.3 Å². The van der Waals surface area contributed by atoms with E-state index >= 15 is 0 Å². The van der Waals surface area contributed by atoms with Crippen LogP contribution in [0.1, 0.15) is 36.2 Å². The quantitative estimate of drug-likeness (QED) is 0.864. The number of rotatable bonds is 5. The second-order valence-electron chi connectivity index (χ2n) is 5.26. The highest BCUT2D eigenvalue weighted by atomic mass is 35.5. The zero-order chi connectivity index (χ0) is 13.8. The van der Waals surface area contributed by atoms with Gasteiger partial charge in [-0.2, -0.15) is 0 Å². The smallest absolute Gasteiger partial charge is 0.252 e. The Morgan fingerprint density at radius 2 is 2.11 bits per heavy atom. The summed E-state index contributed by atoms with van der Waals surface area (Å²) in [4.78, 5) is 12.0. The summed E-state index contributed by atoms with van der Waals surface area (Å²) in [6.45, 7) is 6.50. The van der Waals surface area contributed by atoms with Gasteiger partial charge in [0.15, 0.2) is 0 Å². The summed E-state index contributed by atoms with van der Waals surface area (Å²) in [5, 5.41) is 12.3. The molecule has 100 valence electrons. The number of hydrogen-bond donors (Lipinski definition) is 2. The normalized spacial score (nSPS) is 11.4. The zero-order valence-corrected chi connectivity index (χ0v) is 11.8. The fourth-order valence-corrected chi connectivity index (χ4v) is 1.84. The molecule has 0 aliphatic rings. The predicted molar refractivity (Wildman–Crippen MR) is 74.0 cm³/mol. The van der Waals surface area contributed by atoms with Crippen molar-refractivity contribution in [1.29, 1.82) is 0 Å². The molecule has 2 N–H and O–H groups in total. The Morgan fingerprint density at radius 3 is 2.72 bits per heavy atom. The highest BCUT2D eigenvalue weighted by Crippen LogP contribution is 2.21. The van der Waals surface area contributed by atoms with Crippen LogP contribution in [-0.2, 0) is 0 Å². The maximum atomic E-state index is 12.0. The first-order valence-electron chi connectivity index (χ1n) is 6.01.